The summed E-state index contributed by atoms with van der Waals surface area (Å²) < 4.78 is 0. The normalized spacial score (nSPS) is 12.2. The highest BCUT2D eigenvalue weighted by Crippen LogP contribution is 2.27. The molecule has 0 saturated heterocycles. The van der Waals surface area contributed by atoms with Crippen molar-refractivity contribution < 1.29 is 9.90 Å². The van der Waals surface area contributed by atoms with E-state index in [-0.39, 0.29) is 22.9 Å². The van der Waals surface area contributed by atoms with E-state index in [1.165, 1.54) is 6.07 Å². The number of aromatic nitrogens is 2. The second kappa shape index (κ2) is 6.02. The van der Waals surface area contributed by atoms with E-state index in [1.54, 1.807) is 4.90 Å². The van der Waals surface area contributed by atoms with Crippen molar-refractivity contribution in [3.8, 4) is 0 Å². The van der Waals surface area contributed by atoms with E-state index >= 15 is 0 Å². The molecule has 0 amide bonds. The molecule has 0 aromatic carbocycles. The number of nitrogens with zero attached hydrogens (tertiary/aromatic N) is 3. The van der Waals surface area contributed by atoms with E-state index in [1.807, 2.05) is 13.8 Å². The van der Waals surface area contributed by atoms with Crippen LogP contribution in [0.15, 0.2) is 6.07 Å². The van der Waals surface area contributed by atoms with E-state index in [2.05, 4.69) is 10.2 Å². The number of carbonyl (C=O) groups is 1. The maximum atomic E-state index is 10.8. The van der Waals surface area contributed by atoms with Gasteiger partial charge in [-0.3, -0.25) is 4.79 Å². The molecule has 1 heterocycles. The predicted octanol–water partition coefficient (Wildman–Crippen LogP) is 2.47. The molecule has 0 saturated carbocycles. The third-order valence-electron chi connectivity index (χ3n) is 2.44. The summed E-state index contributed by atoms with van der Waals surface area (Å²) in [6.07, 6.45) is 0.781. The van der Waals surface area contributed by atoms with Crippen LogP contribution >= 0.6 is 23.2 Å². The van der Waals surface area contributed by atoms with Crippen LogP contribution in [0.25, 0.3) is 0 Å². The number of carboxylic acids is 1. The molecule has 0 fully saturated rings. The third kappa shape index (κ3) is 3.71. The first-order valence-electron chi connectivity index (χ1n) is 5.12. The van der Waals surface area contributed by atoms with Crippen molar-refractivity contribution in [2.24, 2.45) is 0 Å². The van der Waals surface area contributed by atoms with E-state index in [0.29, 0.717) is 5.69 Å². The molecular formula is C10H13Cl2N3O2. The molecule has 1 aromatic rings. The zero-order valence-electron chi connectivity index (χ0n) is 9.52. The van der Waals surface area contributed by atoms with Crippen molar-refractivity contribution in [2.75, 3.05) is 11.4 Å². The number of hydrogen-bond donors (Lipinski definition) is 1. The fraction of sp³-hybridized carbons (Fsp3) is 0.500. The zero-order chi connectivity index (χ0) is 13.0. The minimum Gasteiger partial charge on any atom is -0.480 e. The van der Waals surface area contributed by atoms with Crippen LogP contribution < -0.4 is 4.90 Å². The molecule has 0 bridgehead atoms. The summed E-state index contributed by atoms with van der Waals surface area (Å²) in [5.41, 5.74) is 0.489. The Morgan fingerprint density at radius 2 is 2.18 bits per heavy atom. The highest BCUT2D eigenvalue weighted by atomic mass is 35.5. The molecule has 1 unspecified atom stereocenters. The van der Waals surface area contributed by atoms with Crippen LogP contribution in [0, 0.1) is 0 Å². The van der Waals surface area contributed by atoms with Crippen LogP contribution in [0.4, 0.5) is 5.69 Å². The van der Waals surface area contributed by atoms with Gasteiger partial charge in [0.1, 0.15) is 6.54 Å². The lowest BCUT2D eigenvalue weighted by Gasteiger charge is -2.29. The topological polar surface area (TPSA) is 66.3 Å². The van der Waals surface area contributed by atoms with Gasteiger partial charge in [-0.2, -0.15) is 0 Å². The standard InChI is InChI=1S/C10H13Cl2N3O2/c1-3-6(2)15(5-9(16)17)7-4-8(11)13-14-10(7)12/h4,6H,3,5H2,1-2H3,(H,16,17). The van der Waals surface area contributed by atoms with Crippen molar-refractivity contribution in [1.29, 1.82) is 0 Å². The summed E-state index contributed by atoms with van der Waals surface area (Å²) in [6, 6.07) is 1.54. The lowest BCUT2D eigenvalue weighted by molar-refractivity contribution is -0.135. The predicted molar refractivity (Wildman–Crippen MR) is 66.8 cm³/mol. The first-order valence-corrected chi connectivity index (χ1v) is 5.88. The highest BCUT2D eigenvalue weighted by molar-refractivity contribution is 6.33. The van der Waals surface area contributed by atoms with Crippen molar-refractivity contribution in [2.45, 2.75) is 26.3 Å². The number of rotatable bonds is 5. The quantitative estimate of drug-likeness (QED) is 0.896. The average molecular weight is 278 g/mol. The molecule has 1 aromatic heterocycles. The Balaban J connectivity index is 3.11. The molecule has 17 heavy (non-hydrogen) atoms. The minimum atomic E-state index is -0.936. The summed E-state index contributed by atoms with van der Waals surface area (Å²) in [4.78, 5) is 12.5. The molecule has 1 atom stereocenters. The van der Waals surface area contributed by atoms with Gasteiger partial charge in [0.15, 0.2) is 10.3 Å². The van der Waals surface area contributed by atoms with Gasteiger partial charge in [0, 0.05) is 12.1 Å². The maximum absolute atomic E-state index is 10.8. The van der Waals surface area contributed by atoms with Gasteiger partial charge >= 0.3 is 5.97 Å². The molecule has 1 rings (SSSR count). The van der Waals surface area contributed by atoms with Crippen molar-refractivity contribution in [3.05, 3.63) is 16.4 Å². The van der Waals surface area contributed by atoms with E-state index in [4.69, 9.17) is 28.3 Å². The van der Waals surface area contributed by atoms with Gasteiger partial charge < -0.3 is 10.0 Å². The van der Waals surface area contributed by atoms with E-state index < -0.39 is 5.97 Å². The lowest BCUT2D eigenvalue weighted by Crippen LogP contribution is -2.37. The van der Waals surface area contributed by atoms with Gasteiger partial charge in [-0.25, -0.2) is 0 Å². The zero-order valence-corrected chi connectivity index (χ0v) is 11.0. The number of aliphatic carboxylic acids is 1. The van der Waals surface area contributed by atoms with Crippen LogP contribution in [0.5, 0.6) is 0 Å². The summed E-state index contributed by atoms with van der Waals surface area (Å²) in [7, 11) is 0. The number of carboxylic acid groups (broad SMARTS) is 1. The smallest absolute Gasteiger partial charge is 0.323 e. The number of halogens is 2. The summed E-state index contributed by atoms with van der Waals surface area (Å²) in [5, 5.41) is 16.5. The Kier molecular flexibility index (Phi) is 4.96. The largest absolute Gasteiger partial charge is 0.480 e. The van der Waals surface area contributed by atoms with Gasteiger partial charge in [0.2, 0.25) is 0 Å². The Morgan fingerprint density at radius 3 is 2.71 bits per heavy atom. The molecule has 0 radical (unpaired) electrons. The molecule has 1 N–H and O–H groups in total. The Hall–Kier alpha value is -1.07. The summed E-state index contributed by atoms with van der Waals surface area (Å²) in [5.74, 6) is -0.936. The fourth-order valence-electron chi connectivity index (χ4n) is 1.39. The van der Waals surface area contributed by atoms with E-state index in [9.17, 15) is 4.79 Å². The highest BCUT2D eigenvalue weighted by Gasteiger charge is 2.20. The van der Waals surface area contributed by atoms with Gasteiger partial charge in [0.05, 0.1) is 5.69 Å². The molecule has 0 aliphatic heterocycles. The molecule has 5 nitrogen and oxygen atoms in total. The van der Waals surface area contributed by atoms with Crippen molar-refractivity contribution in [3.63, 3.8) is 0 Å². The minimum absolute atomic E-state index is 0.0175. The number of anilines is 1. The molecule has 0 spiro atoms. The molecule has 0 aliphatic rings. The molecule has 0 aliphatic carbocycles. The van der Waals surface area contributed by atoms with Crippen LogP contribution in [0.2, 0.25) is 10.3 Å². The lowest BCUT2D eigenvalue weighted by atomic mass is 10.2. The first kappa shape index (κ1) is 14.0. The Bertz CT molecular complexity index is 415. The van der Waals surface area contributed by atoms with Crippen LogP contribution in [-0.2, 0) is 4.79 Å². The number of hydrogen-bond acceptors (Lipinski definition) is 4. The fourth-order valence-corrected chi connectivity index (χ4v) is 1.73. The van der Waals surface area contributed by atoms with Crippen LogP contribution in [0.1, 0.15) is 20.3 Å². The maximum Gasteiger partial charge on any atom is 0.323 e. The van der Waals surface area contributed by atoms with Crippen molar-refractivity contribution >= 4 is 34.9 Å². The van der Waals surface area contributed by atoms with E-state index in [0.717, 1.165) is 6.42 Å². The summed E-state index contributed by atoms with van der Waals surface area (Å²) >= 11 is 11.6. The molecule has 7 heteroatoms. The van der Waals surface area contributed by atoms with Gasteiger partial charge in [-0.1, -0.05) is 30.1 Å². The Labute approximate surface area is 109 Å². The monoisotopic (exact) mass is 277 g/mol. The van der Waals surface area contributed by atoms with Crippen LogP contribution in [0.3, 0.4) is 0 Å². The van der Waals surface area contributed by atoms with Gasteiger partial charge in [0.25, 0.3) is 0 Å². The van der Waals surface area contributed by atoms with Gasteiger partial charge in [-0.05, 0) is 13.3 Å². The third-order valence-corrected chi connectivity index (χ3v) is 2.89. The second-order valence-electron chi connectivity index (χ2n) is 3.62. The average Bonchev–Trinajstić information content (AvgIpc) is 2.28. The van der Waals surface area contributed by atoms with Crippen molar-refractivity contribution in [1.82, 2.24) is 10.2 Å². The first-order chi connectivity index (χ1) is 7.95. The molecule has 94 valence electrons. The second-order valence-corrected chi connectivity index (χ2v) is 4.37. The Morgan fingerprint density at radius 1 is 1.53 bits per heavy atom. The van der Waals surface area contributed by atoms with Crippen LogP contribution in [-0.4, -0.2) is 33.9 Å². The SMILES string of the molecule is CCC(C)N(CC(=O)O)c1cc(Cl)nnc1Cl. The van der Waals surface area contributed by atoms with Gasteiger partial charge in [-0.15, -0.1) is 10.2 Å². The molecular weight excluding hydrogens is 265 g/mol. The summed E-state index contributed by atoms with van der Waals surface area (Å²) in [6.45, 7) is 3.72.